The van der Waals surface area contributed by atoms with Crippen LogP contribution < -0.4 is 5.56 Å². The molecule has 0 aliphatic rings. The normalized spacial score (nSPS) is 11.5. The van der Waals surface area contributed by atoms with Gasteiger partial charge in [0.25, 0.3) is 5.56 Å². The fourth-order valence-corrected chi connectivity index (χ4v) is 4.91. The Morgan fingerprint density at radius 3 is 2.73 bits per heavy atom. The van der Waals surface area contributed by atoms with E-state index in [1.165, 1.54) is 16.2 Å². The van der Waals surface area contributed by atoms with Crippen molar-refractivity contribution in [2.45, 2.75) is 13.1 Å². The highest BCUT2D eigenvalue weighted by Gasteiger charge is 2.15. The molecular weight excluding hydrogens is 386 g/mol. The predicted molar refractivity (Wildman–Crippen MR) is 110 cm³/mol. The van der Waals surface area contributed by atoms with Crippen LogP contribution in [0.4, 0.5) is 0 Å². The van der Waals surface area contributed by atoms with Crippen molar-refractivity contribution in [1.82, 2.24) is 14.9 Å². The molecule has 0 amide bonds. The van der Waals surface area contributed by atoms with Crippen molar-refractivity contribution in [2.24, 2.45) is 0 Å². The van der Waals surface area contributed by atoms with Crippen LogP contribution in [-0.2, 0) is 13.1 Å². The summed E-state index contributed by atoms with van der Waals surface area (Å²) in [6, 6.07) is 11.7. The van der Waals surface area contributed by atoms with Crippen molar-refractivity contribution >= 4 is 44.5 Å². The summed E-state index contributed by atoms with van der Waals surface area (Å²) in [6.45, 7) is 1.41. The Kier molecular flexibility index (Phi) is 4.91. The molecule has 3 heterocycles. The van der Waals surface area contributed by atoms with Gasteiger partial charge in [-0.2, -0.15) is 0 Å². The molecule has 0 aliphatic carbocycles. The molecule has 1 aromatic carbocycles. The van der Waals surface area contributed by atoms with E-state index in [-0.39, 0.29) is 5.56 Å². The number of H-pyrrole nitrogens is 1. The number of hydrogen-bond donors (Lipinski definition) is 1. The van der Waals surface area contributed by atoms with E-state index in [2.05, 4.69) is 26.3 Å². The van der Waals surface area contributed by atoms with Crippen LogP contribution in [0.2, 0.25) is 5.02 Å². The predicted octanol–water partition coefficient (Wildman–Crippen LogP) is 5.00. The summed E-state index contributed by atoms with van der Waals surface area (Å²) in [5.74, 6) is 0.675. The molecule has 26 heavy (non-hydrogen) atoms. The molecule has 4 aromatic rings. The number of hydrogen-bond acceptors (Lipinski definition) is 5. The Morgan fingerprint density at radius 2 is 1.96 bits per heavy atom. The first-order valence-electron chi connectivity index (χ1n) is 8.08. The molecule has 1 N–H and O–H groups in total. The lowest BCUT2D eigenvalue weighted by Crippen LogP contribution is -2.21. The number of fused-ring (bicyclic) bond motifs is 1. The summed E-state index contributed by atoms with van der Waals surface area (Å²) < 4.78 is 0. The largest absolute Gasteiger partial charge is 0.309 e. The fraction of sp³-hybridized carbons (Fsp3) is 0.158. The Hall–Kier alpha value is -1.99. The molecule has 0 atom stereocenters. The van der Waals surface area contributed by atoms with Crippen LogP contribution in [-0.4, -0.2) is 21.9 Å². The van der Waals surface area contributed by atoms with Crippen LogP contribution in [0.25, 0.3) is 21.3 Å². The minimum absolute atomic E-state index is 0.120. The highest BCUT2D eigenvalue weighted by atomic mass is 35.5. The van der Waals surface area contributed by atoms with Gasteiger partial charge in [0.2, 0.25) is 0 Å². The second-order valence-electron chi connectivity index (χ2n) is 6.07. The van der Waals surface area contributed by atoms with Crippen LogP contribution in [0.1, 0.15) is 10.7 Å². The maximum atomic E-state index is 12.7. The van der Waals surface area contributed by atoms with Gasteiger partial charge < -0.3 is 4.98 Å². The molecule has 0 saturated carbocycles. The van der Waals surface area contributed by atoms with Crippen LogP contribution in [0.5, 0.6) is 0 Å². The standard InChI is InChI=1S/C19H16ClN3OS2/c1-23(9-12-5-4-8-25-12)10-16-21-18(24)17-14(11-26-19(17)22-16)13-6-2-3-7-15(13)20/h2-8,11H,9-10H2,1H3,(H,21,22,24). The first kappa shape index (κ1) is 17.4. The van der Waals surface area contributed by atoms with Gasteiger partial charge in [-0.25, -0.2) is 4.98 Å². The summed E-state index contributed by atoms with van der Waals surface area (Å²) in [6.07, 6.45) is 0. The lowest BCUT2D eigenvalue weighted by Gasteiger charge is -2.14. The van der Waals surface area contributed by atoms with Crippen LogP contribution in [0, 0.1) is 0 Å². The smallest absolute Gasteiger partial charge is 0.260 e. The molecule has 7 heteroatoms. The number of nitrogens with zero attached hydrogens (tertiary/aromatic N) is 2. The molecule has 0 fully saturated rings. The van der Waals surface area contributed by atoms with Gasteiger partial charge in [0.15, 0.2) is 0 Å². The molecule has 4 nitrogen and oxygen atoms in total. The molecule has 132 valence electrons. The van der Waals surface area contributed by atoms with E-state index < -0.39 is 0 Å². The zero-order chi connectivity index (χ0) is 18.1. The van der Waals surface area contributed by atoms with Gasteiger partial charge in [0.05, 0.1) is 11.9 Å². The topological polar surface area (TPSA) is 49.0 Å². The maximum absolute atomic E-state index is 12.7. The lowest BCUT2D eigenvalue weighted by molar-refractivity contribution is 0.313. The van der Waals surface area contributed by atoms with Crippen molar-refractivity contribution in [2.75, 3.05) is 7.05 Å². The molecule has 0 bridgehead atoms. The van der Waals surface area contributed by atoms with Crippen molar-refractivity contribution in [3.8, 4) is 11.1 Å². The Bertz CT molecular complexity index is 1100. The first-order valence-corrected chi connectivity index (χ1v) is 10.2. The van der Waals surface area contributed by atoms with Crippen molar-refractivity contribution in [3.63, 3.8) is 0 Å². The average molecular weight is 402 g/mol. The van der Waals surface area contributed by atoms with Gasteiger partial charge in [-0.15, -0.1) is 22.7 Å². The summed E-state index contributed by atoms with van der Waals surface area (Å²) in [7, 11) is 2.02. The number of rotatable bonds is 5. The molecule has 4 rings (SSSR count). The fourth-order valence-electron chi connectivity index (χ4n) is 2.93. The molecular formula is C19H16ClN3OS2. The summed E-state index contributed by atoms with van der Waals surface area (Å²) in [5.41, 5.74) is 1.57. The minimum Gasteiger partial charge on any atom is -0.309 e. The van der Waals surface area contributed by atoms with Gasteiger partial charge in [-0.05, 0) is 24.6 Å². The number of nitrogens with one attached hydrogen (secondary N) is 1. The quantitative estimate of drug-likeness (QED) is 0.512. The van der Waals surface area contributed by atoms with Gasteiger partial charge in [0, 0.05) is 33.0 Å². The second-order valence-corrected chi connectivity index (χ2v) is 8.37. The van der Waals surface area contributed by atoms with E-state index in [1.807, 2.05) is 42.8 Å². The van der Waals surface area contributed by atoms with Crippen molar-refractivity contribution in [3.05, 3.63) is 73.2 Å². The second kappa shape index (κ2) is 7.32. The van der Waals surface area contributed by atoms with E-state index in [0.717, 1.165) is 22.5 Å². The van der Waals surface area contributed by atoms with Crippen LogP contribution in [0.15, 0.2) is 52.0 Å². The molecule has 0 unspecified atom stereocenters. The highest BCUT2D eigenvalue weighted by Crippen LogP contribution is 2.34. The molecule has 0 radical (unpaired) electrons. The Labute approximate surface area is 163 Å². The van der Waals surface area contributed by atoms with E-state index in [1.54, 1.807) is 11.3 Å². The molecule has 3 aromatic heterocycles. The Balaban J connectivity index is 1.66. The van der Waals surface area contributed by atoms with Gasteiger partial charge in [0.1, 0.15) is 10.7 Å². The number of aromatic nitrogens is 2. The SMILES string of the molecule is CN(Cc1nc2scc(-c3ccccc3Cl)c2c(=O)[nH]1)Cc1cccs1. The minimum atomic E-state index is -0.120. The van der Waals surface area contributed by atoms with Crippen LogP contribution >= 0.6 is 34.3 Å². The van der Waals surface area contributed by atoms with Gasteiger partial charge in [-0.3, -0.25) is 9.69 Å². The third-order valence-electron chi connectivity index (χ3n) is 4.08. The van der Waals surface area contributed by atoms with E-state index >= 15 is 0 Å². The van der Waals surface area contributed by atoms with E-state index in [4.69, 9.17) is 11.6 Å². The molecule has 0 spiro atoms. The Morgan fingerprint density at radius 1 is 1.12 bits per heavy atom. The summed E-state index contributed by atoms with van der Waals surface area (Å²) >= 11 is 9.50. The first-order chi connectivity index (χ1) is 12.6. The van der Waals surface area contributed by atoms with E-state index in [9.17, 15) is 4.79 Å². The number of aromatic amines is 1. The number of halogens is 1. The zero-order valence-corrected chi connectivity index (χ0v) is 16.4. The molecule has 0 saturated heterocycles. The average Bonchev–Trinajstić information content (AvgIpc) is 3.25. The molecule has 0 aliphatic heterocycles. The van der Waals surface area contributed by atoms with Crippen molar-refractivity contribution in [1.29, 1.82) is 0 Å². The maximum Gasteiger partial charge on any atom is 0.260 e. The van der Waals surface area contributed by atoms with Gasteiger partial charge >= 0.3 is 0 Å². The number of benzene rings is 1. The summed E-state index contributed by atoms with van der Waals surface area (Å²) in [4.78, 5) is 24.5. The monoisotopic (exact) mass is 401 g/mol. The van der Waals surface area contributed by atoms with Crippen LogP contribution in [0.3, 0.4) is 0 Å². The number of thiophene rings is 2. The third kappa shape index (κ3) is 3.46. The van der Waals surface area contributed by atoms with Gasteiger partial charge in [-0.1, -0.05) is 35.9 Å². The third-order valence-corrected chi connectivity index (χ3v) is 6.15. The summed E-state index contributed by atoms with van der Waals surface area (Å²) in [5, 5.41) is 5.25. The highest BCUT2D eigenvalue weighted by molar-refractivity contribution is 7.17. The van der Waals surface area contributed by atoms with Crippen molar-refractivity contribution < 1.29 is 0 Å². The zero-order valence-electron chi connectivity index (χ0n) is 14.0. The lowest BCUT2D eigenvalue weighted by atomic mass is 10.1. The van der Waals surface area contributed by atoms with E-state index in [0.29, 0.717) is 22.8 Å².